The van der Waals surface area contributed by atoms with Crippen molar-refractivity contribution in [2.45, 2.75) is 11.8 Å². The quantitative estimate of drug-likeness (QED) is 0.863. The minimum Gasteiger partial charge on any atom is -0.454 e. The van der Waals surface area contributed by atoms with E-state index in [2.05, 4.69) is 6.07 Å². The summed E-state index contributed by atoms with van der Waals surface area (Å²) in [5, 5.41) is 9.54. The number of hydrogen-bond acceptors (Lipinski definition) is 4. The Kier molecular flexibility index (Phi) is 4.51. The van der Waals surface area contributed by atoms with Crippen molar-refractivity contribution in [3.63, 3.8) is 0 Å². The molecule has 0 amide bonds. The molecule has 2 aromatic rings. The Morgan fingerprint density at radius 2 is 2.10 bits per heavy atom. The second-order valence-electron chi connectivity index (χ2n) is 4.13. The lowest BCUT2D eigenvalue weighted by Crippen LogP contribution is -2.04. The predicted octanol–water partition coefficient (Wildman–Crippen LogP) is 3.60. The van der Waals surface area contributed by atoms with Crippen LogP contribution in [0, 0.1) is 17.4 Å². The summed E-state index contributed by atoms with van der Waals surface area (Å²) in [6, 6.07) is 13.7. The number of rotatable bonds is 4. The number of halogens is 1. The monoisotopic (exact) mass is 320 g/mol. The van der Waals surface area contributed by atoms with Crippen LogP contribution >= 0.6 is 11.6 Å². The van der Waals surface area contributed by atoms with Crippen molar-refractivity contribution in [3.05, 3.63) is 53.1 Å². The zero-order valence-electron chi connectivity index (χ0n) is 11.1. The Morgan fingerprint density at radius 1 is 1.33 bits per heavy atom. The molecule has 0 aromatic heterocycles. The Hall–Kier alpha value is -2.03. The topological polar surface area (TPSA) is 67.2 Å². The molecule has 1 radical (unpaired) electrons. The smallest absolute Gasteiger partial charge is 0.178 e. The molecular formula is C15H11ClNO3S. The van der Waals surface area contributed by atoms with Crippen LogP contribution in [0.4, 0.5) is 0 Å². The largest absolute Gasteiger partial charge is 0.454 e. The van der Waals surface area contributed by atoms with Crippen LogP contribution in [0.5, 0.6) is 11.5 Å². The summed E-state index contributed by atoms with van der Waals surface area (Å²) in [4.78, 5) is 0.0969. The maximum Gasteiger partial charge on any atom is 0.178 e. The van der Waals surface area contributed by atoms with Gasteiger partial charge in [-0.1, -0.05) is 24.6 Å². The van der Waals surface area contributed by atoms with Crippen LogP contribution in [0.15, 0.2) is 41.3 Å². The van der Waals surface area contributed by atoms with Crippen LogP contribution in [-0.2, 0) is 9.84 Å². The van der Waals surface area contributed by atoms with Gasteiger partial charge in [-0.15, -0.1) is 0 Å². The second-order valence-corrected chi connectivity index (χ2v) is 6.82. The zero-order chi connectivity index (χ0) is 15.5. The van der Waals surface area contributed by atoms with E-state index in [4.69, 9.17) is 21.6 Å². The Morgan fingerprint density at radius 3 is 2.71 bits per heavy atom. The van der Waals surface area contributed by atoms with Gasteiger partial charge in [-0.2, -0.15) is 5.26 Å². The van der Waals surface area contributed by atoms with Gasteiger partial charge in [0.2, 0.25) is 0 Å². The number of nitriles is 1. The highest BCUT2D eigenvalue weighted by molar-refractivity contribution is 7.91. The molecule has 2 aromatic carbocycles. The van der Waals surface area contributed by atoms with Gasteiger partial charge in [0, 0.05) is 0 Å². The van der Waals surface area contributed by atoms with Crippen molar-refractivity contribution in [3.8, 4) is 17.6 Å². The second kappa shape index (κ2) is 6.17. The van der Waals surface area contributed by atoms with Gasteiger partial charge in [-0.25, -0.2) is 8.42 Å². The van der Waals surface area contributed by atoms with Gasteiger partial charge in [0.05, 0.1) is 21.2 Å². The Bertz CT molecular complexity index is 810. The molecule has 0 fully saturated rings. The normalized spacial score (nSPS) is 10.9. The lowest BCUT2D eigenvalue weighted by atomic mass is 10.2. The molecular weight excluding hydrogens is 310 g/mol. The highest BCUT2D eigenvalue weighted by Gasteiger charge is 2.15. The fraction of sp³-hybridized carbons (Fsp3) is 0.133. The summed E-state index contributed by atoms with van der Waals surface area (Å²) >= 11 is 5.97. The third kappa shape index (κ3) is 3.35. The lowest BCUT2D eigenvalue weighted by Gasteiger charge is -2.10. The minimum absolute atomic E-state index is 0.0302. The van der Waals surface area contributed by atoms with Gasteiger partial charge in [0.15, 0.2) is 9.84 Å². The maximum atomic E-state index is 11.8. The summed E-state index contributed by atoms with van der Waals surface area (Å²) < 4.78 is 29.2. The van der Waals surface area contributed by atoms with Crippen LogP contribution in [0.25, 0.3) is 0 Å². The van der Waals surface area contributed by atoms with E-state index in [-0.39, 0.29) is 22.0 Å². The van der Waals surface area contributed by atoms with E-state index in [1.54, 1.807) is 25.1 Å². The number of ether oxygens (including phenoxy) is 1. The molecule has 0 spiro atoms. The molecule has 0 aliphatic rings. The van der Waals surface area contributed by atoms with Gasteiger partial charge in [0.25, 0.3) is 0 Å². The molecule has 4 nitrogen and oxygen atoms in total. The molecule has 0 saturated carbocycles. The predicted molar refractivity (Wildman–Crippen MR) is 79.2 cm³/mol. The van der Waals surface area contributed by atoms with Crippen LogP contribution < -0.4 is 4.74 Å². The van der Waals surface area contributed by atoms with Crippen LogP contribution in [-0.4, -0.2) is 14.2 Å². The first kappa shape index (κ1) is 15.4. The molecule has 0 bridgehead atoms. The number of hydrogen-bond donors (Lipinski definition) is 0. The first-order valence-electron chi connectivity index (χ1n) is 6.08. The Balaban J connectivity index is 2.43. The number of sulfone groups is 1. The summed E-state index contributed by atoms with van der Waals surface area (Å²) in [5.74, 6) is 0.563. The van der Waals surface area contributed by atoms with Gasteiger partial charge in [-0.3, -0.25) is 0 Å². The summed E-state index contributed by atoms with van der Waals surface area (Å²) in [6.07, 6.45) is 0. The van der Waals surface area contributed by atoms with Crippen molar-refractivity contribution >= 4 is 21.4 Å². The first-order valence-corrected chi connectivity index (χ1v) is 8.11. The fourth-order valence-electron chi connectivity index (χ4n) is 1.64. The highest BCUT2D eigenvalue weighted by Crippen LogP contribution is 2.31. The molecule has 0 saturated heterocycles. The summed E-state index contributed by atoms with van der Waals surface area (Å²) in [7, 11) is -3.37. The average molecular weight is 321 g/mol. The van der Waals surface area contributed by atoms with Crippen molar-refractivity contribution < 1.29 is 13.2 Å². The fourth-order valence-corrected chi connectivity index (χ4v) is 2.70. The zero-order valence-corrected chi connectivity index (χ0v) is 12.7. The molecule has 0 unspecified atom stereocenters. The summed E-state index contributed by atoms with van der Waals surface area (Å²) in [5.41, 5.74) is 0.129. The first-order chi connectivity index (χ1) is 9.97. The van der Waals surface area contributed by atoms with Crippen molar-refractivity contribution in [1.82, 2.24) is 0 Å². The van der Waals surface area contributed by atoms with E-state index >= 15 is 0 Å². The molecule has 0 heterocycles. The van der Waals surface area contributed by atoms with E-state index in [1.165, 1.54) is 18.2 Å². The maximum absolute atomic E-state index is 11.8. The SMILES string of the molecule is CCS(=O)(=O)c1ccc(Oc2c[c]ccc2Cl)c(C#N)c1. The van der Waals surface area contributed by atoms with Gasteiger partial charge >= 0.3 is 0 Å². The van der Waals surface area contributed by atoms with Crippen LogP contribution in [0.3, 0.4) is 0 Å². The Labute approximate surface area is 128 Å². The standard InChI is InChI=1S/C15H11ClNO3S/c1-2-21(18,19)12-7-8-14(11(9-12)10-17)20-15-6-4-3-5-13(15)16/h3,5-9H,2H2,1H3. The third-order valence-electron chi connectivity index (χ3n) is 2.81. The van der Waals surface area contributed by atoms with Gasteiger partial charge < -0.3 is 4.74 Å². The third-order valence-corrected chi connectivity index (χ3v) is 4.85. The van der Waals surface area contributed by atoms with Crippen molar-refractivity contribution in [2.75, 3.05) is 5.75 Å². The van der Waals surface area contributed by atoms with E-state index in [0.717, 1.165) is 0 Å². The molecule has 21 heavy (non-hydrogen) atoms. The van der Waals surface area contributed by atoms with Gasteiger partial charge in [0.1, 0.15) is 17.6 Å². The molecule has 0 aliphatic heterocycles. The van der Waals surface area contributed by atoms with Crippen molar-refractivity contribution in [2.24, 2.45) is 0 Å². The van der Waals surface area contributed by atoms with E-state index in [9.17, 15) is 8.42 Å². The molecule has 107 valence electrons. The number of nitrogens with zero attached hydrogens (tertiary/aromatic N) is 1. The van der Waals surface area contributed by atoms with Crippen LogP contribution in [0.2, 0.25) is 5.02 Å². The van der Waals surface area contributed by atoms with E-state index in [1.807, 2.05) is 6.07 Å². The highest BCUT2D eigenvalue weighted by atomic mass is 35.5. The molecule has 6 heteroatoms. The van der Waals surface area contributed by atoms with Crippen molar-refractivity contribution in [1.29, 1.82) is 5.26 Å². The van der Waals surface area contributed by atoms with E-state index in [0.29, 0.717) is 10.8 Å². The minimum atomic E-state index is -3.37. The molecule has 0 aliphatic carbocycles. The molecule has 0 atom stereocenters. The molecule has 2 rings (SSSR count). The molecule has 0 N–H and O–H groups in total. The van der Waals surface area contributed by atoms with Crippen LogP contribution in [0.1, 0.15) is 12.5 Å². The average Bonchev–Trinajstić information content (AvgIpc) is 2.49. The summed E-state index contributed by atoms with van der Waals surface area (Å²) in [6.45, 7) is 1.55. The van der Waals surface area contributed by atoms with E-state index < -0.39 is 9.84 Å². The lowest BCUT2D eigenvalue weighted by molar-refractivity contribution is 0.480. The number of benzene rings is 2. The van der Waals surface area contributed by atoms with Gasteiger partial charge in [-0.05, 0) is 36.4 Å².